The molecule has 8 heteroatoms. The first-order valence-corrected chi connectivity index (χ1v) is 8.67. The first-order valence-electron chi connectivity index (χ1n) is 8.67. The number of nitrogens with one attached hydrogen (secondary N) is 1. The van der Waals surface area contributed by atoms with Gasteiger partial charge in [-0.15, -0.1) is 0 Å². The van der Waals surface area contributed by atoms with Crippen LogP contribution in [0.3, 0.4) is 0 Å². The molecule has 3 rings (SSSR count). The van der Waals surface area contributed by atoms with Crippen molar-refractivity contribution in [2.24, 2.45) is 0 Å². The standard InChI is InChI=1S/C17H24N4O4/c1-11(22)20-8-6-13-12(9-20)17(24)19-16(18-13)14-5-3-4-7-21(14)15(23)10-25-2/h14H,3-10H2,1-2H3,(H,18,19,24)/t14-/m0/s1. The minimum Gasteiger partial charge on any atom is -0.375 e. The fourth-order valence-corrected chi connectivity index (χ4v) is 3.59. The summed E-state index contributed by atoms with van der Waals surface area (Å²) in [6, 6.07) is -0.222. The number of rotatable bonds is 3. The molecule has 25 heavy (non-hydrogen) atoms. The number of nitrogens with zero attached hydrogens (tertiary/aromatic N) is 3. The van der Waals surface area contributed by atoms with Crippen LogP contribution < -0.4 is 5.56 Å². The largest absolute Gasteiger partial charge is 0.375 e. The number of hydrogen-bond acceptors (Lipinski definition) is 5. The number of carbonyl (C=O) groups is 2. The maximum Gasteiger partial charge on any atom is 0.256 e. The molecule has 1 N–H and O–H groups in total. The zero-order chi connectivity index (χ0) is 18.0. The van der Waals surface area contributed by atoms with Gasteiger partial charge >= 0.3 is 0 Å². The Labute approximate surface area is 146 Å². The van der Waals surface area contributed by atoms with Crippen molar-refractivity contribution < 1.29 is 14.3 Å². The summed E-state index contributed by atoms with van der Waals surface area (Å²) < 4.78 is 4.97. The van der Waals surface area contributed by atoms with Crippen LogP contribution in [0.2, 0.25) is 0 Å². The number of hydrogen-bond donors (Lipinski definition) is 1. The molecule has 1 fully saturated rings. The summed E-state index contributed by atoms with van der Waals surface area (Å²) in [7, 11) is 1.50. The Morgan fingerprint density at radius 3 is 2.84 bits per heavy atom. The van der Waals surface area contributed by atoms with Gasteiger partial charge in [0.15, 0.2) is 0 Å². The predicted molar refractivity (Wildman–Crippen MR) is 89.8 cm³/mol. The van der Waals surface area contributed by atoms with Crippen molar-refractivity contribution in [2.75, 3.05) is 26.8 Å². The van der Waals surface area contributed by atoms with Gasteiger partial charge in [-0.25, -0.2) is 4.98 Å². The van der Waals surface area contributed by atoms with Crippen LogP contribution >= 0.6 is 0 Å². The molecular formula is C17H24N4O4. The molecule has 0 radical (unpaired) electrons. The van der Waals surface area contributed by atoms with Gasteiger partial charge in [0, 0.05) is 33.5 Å². The molecule has 2 amide bonds. The Kier molecular flexibility index (Phi) is 5.17. The lowest BCUT2D eigenvalue weighted by atomic mass is 10.00. The third-order valence-corrected chi connectivity index (χ3v) is 4.94. The van der Waals surface area contributed by atoms with E-state index < -0.39 is 0 Å². The molecule has 8 nitrogen and oxygen atoms in total. The maximum absolute atomic E-state index is 12.5. The van der Waals surface area contributed by atoms with Gasteiger partial charge in [0.2, 0.25) is 11.8 Å². The lowest BCUT2D eigenvalue weighted by Gasteiger charge is -2.35. The van der Waals surface area contributed by atoms with Gasteiger partial charge in [-0.3, -0.25) is 14.4 Å². The second-order valence-electron chi connectivity index (χ2n) is 6.60. The summed E-state index contributed by atoms with van der Waals surface area (Å²) in [5.41, 5.74) is 1.08. The van der Waals surface area contributed by atoms with Crippen LogP contribution in [0.25, 0.3) is 0 Å². The Morgan fingerprint density at radius 1 is 1.32 bits per heavy atom. The average molecular weight is 348 g/mol. The third kappa shape index (κ3) is 3.58. The Balaban J connectivity index is 1.90. The SMILES string of the molecule is COCC(=O)N1CCCC[C@H]1c1nc2c(c(=O)[nH]1)CN(C(C)=O)CC2. The van der Waals surface area contributed by atoms with Crippen molar-refractivity contribution in [3.8, 4) is 0 Å². The third-order valence-electron chi connectivity index (χ3n) is 4.94. The summed E-state index contributed by atoms with van der Waals surface area (Å²) in [4.78, 5) is 47.3. The van der Waals surface area contributed by atoms with Gasteiger partial charge in [-0.05, 0) is 19.3 Å². The van der Waals surface area contributed by atoms with Crippen molar-refractivity contribution in [1.82, 2.24) is 19.8 Å². The molecule has 0 aliphatic carbocycles. The van der Waals surface area contributed by atoms with Crippen LogP contribution in [0.1, 0.15) is 49.3 Å². The van der Waals surface area contributed by atoms with Gasteiger partial charge < -0.3 is 19.5 Å². The van der Waals surface area contributed by atoms with E-state index in [-0.39, 0.29) is 30.0 Å². The van der Waals surface area contributed by atoms with E-state index in [1.807, 2.05) is 0 Å². The highest BCUT2D eigenvalue weighted by molar-refractivity contribution is 5.78. The summed E-state index contributed by atoms with van der Waals surface area (Å²) >= 11 is 0. The molecule has 3 heterocycles. The van der Waals surface area contributed by atoms with Gasteiger partial charge in [-0.2, -0.15) is 0 Å². The summed E-state index contributed by atoms with van der Waals surface area (Å²) in [6.07, 6.45) is 3.26. The summed E-state index contributed by atoms with van der Waals surface area (Å²) in [5.74, 6) is 0.414. The maximum atomic E-state index is 12.5. The molecule has 0 aromatic carbocycles. The molecule has 1 saturated heterocycles. The first kappa shape index (κ1) is 17.6. The average Bonchev–Trinajstić information content (AvgIpc) is 2.61. The number of fused-ring (bicyclic) bond motifs is 1. The summed E-state index contributed by atoms with van der Waals surface area (Å²) in [5, 5.41) is 0. The van der Waals surface area contributed by atoms with Gasteiger partial charge in [0.05, 0.1) is 23.8 Å². The zero-order valence-corrected chi connectivity index (χ0v) is 14.7. The van der Waals surface area contributed by atoms with Gasteiger partial charge in [0.25, 0.3) is 5.56 Å². The van der Waals surface area contributed by atoms with Crippen LogP contribution in [-0.4, -0.2) is 58.4 Å². The highest BCUT2D eigenvalue weighted by Gasteiger charge is 2.31. The fraction of sp³-hybridized carbons (Fsp3) is 0.647. The Hall–Kier alpha value is -2.22. The summed E-state index contributed by atoms with van der Waals surface area (Å²) in [6.45, 7) is 3.03. The number of H-pyrrole nitrogens is 1. The predicted octanol–water partition coefficient (Wildman–Crippen LogP) is 0.375. The lowest BCUT2D eigenvalue weighted by molar-refractivity contribution is -0.139. The normalized spacial score (nSPS) is 20.3. The number of likely N-dealkylation sites (tertiary alicyclic amines) is 1. The minimum absolute atomic E-state index is 0.0270. The van der Waals surface area contributed by atoms with E-state index in [1.54, 1.807) is 9.80 Å². The smallest absolute Gasteiger partial charge is 0.256 e. The topological polar surface area (TPSA) is 95.6 Å². The molecular weight excluding hydrogens is 324 g/mol. The molecule has 0 spiro atoms. The zero-order valence-electron chi connectivity index (χ0n) is 14.7. The Bertz CT molecular complexity index is 730. The molecule has 0 bridgehead atoms. The second-order valence-corrected chi connectivity index (χ2v) is 6.60. The van der Waals surface area contributed by atoms with Crippen LogP contribution in [0.5, 0.6) is 0 Å². The lowest BCUT2D eigenvalue weighted by Crippen LogP contribution is -2.43. The van der Waals surface area contributed by atoms with Crippen LogP contribution in [0.15, 0.2) is 4.79 Å². The van der Waals surface area contributed by atoms with Crippen LogP contribution in [0.4, 0.5) is 0 Å². The molecule has 2 aliphatic rings. The van der Waals surface area contributed by atoms with E-state index >= 15 is 0 Å². The molecule has 1 aromatic heterocycles. The van der Waals surface area contributed by atoms with Crippen molar-refractivity contribution in [1.29, 1.82) is 0 Å². The number of carbonyl (C=O) groups excluding carboxylic acids is 2. The van der Waals surface area contributed by atoms with E-state index in [2.05, 4.69) is 9.97 Å². The highest BCUT2D eigenvalue weighted by atomic mass is 16.5. The van der Waals surface area contributed by atoms with E-state index in [0.29, 0.717) is 37.4 Å². The number of ether oxygens (including phenoxy) is 1. The number of aromatic amines is 1. The fourth-order valence-electron chi connectivity index (χ4n) is 3.59. The first-order chi connectivity index (χ1) is 12.0. The van der Waals surface area contributed by atoms with Crippen molar-refractivity contribution in [2.45, 2.75) is 45.2 Å². The number of aromatic nitrogens is 2. The molecule has 136 valence electrons. The van der Waals surface area contributed by atoms with E-state index in [4.69, 9.17) is 4.74 Å². The van der Waals surface area contributed by atoms with E-state index in [9.17, 15) is 14.4 Å². The van der Waals surface area contributed by atoms with Gasteiger partial charge in [-0.1, -0.05) is 0 Å². The Morgan fingerprint density at radius 2 is 2.12 bits per heavy atom. The molecule has 2 aliphatic heterocycles. The molecule has 0 saturated carbocycles. The van der Waals surface area contributed by atoms with E-state index in [0.717, 1.165) is 25.0 Å². The molecule has 0 unspecified atom stereocenters. The minimum atomic E-state index is -0.222. The number of amides is 2. The van der Waals surface area contributed by atoms with Gasteiger partial charge in [0.1, 0.15) is 12.4 Å². The highest BCUT2D eigenvalue weighted by Crippen LogP contribution is 2.29. The molecule has 1 aromatic rings. The number of methoxy groups -OCH3 is 1. The van der Waals surface area contributed by atoms with Crippen LogP contribution in [0, 0.1) is 0 Å². The second kappa shape index (κ2) is 7.35. The number of piperidine rings is 1. The van der Waals surface area contributed by atoms with Crippen molar-refractivity contribution in [3.63, 3.8) is 0 Å². The monoisotopic (exact) mass is 348 g/mol. The van der Waals surface area contributed by atoms with Crippen molar-refractivity contribution >= 4 is 11.8 Å². The van der Waals surface area contributed by atoms with Crippen LogP contribution in [-0.2, 0) is 27.3 Å². The van der Waals surface area contributed by atoms with E-state index in [1.165, 1.54) is 14.0 Å². The van der Waals surface area contributed by atoms with Crippen molar-refractivity contribution in [3.05, 3.63) is 27.4 Å². The molecule has 1 atom stereocenters. The quantitative estimate of drug-likeness (QED) is 0.852.